The number of nitrogens with one attached hydrogen (secondary N) is 1. The Morgan fingerprint density at radius 2 is 2.00 bits per heavy atom. The third kappa shape index (κ3) is 5.85. The molecular formula is C11H18N2O4S. The Morgan fingerprint density at radius 3 is 2.56 bits per heavy atom. The number of nitrogen functional groups attached to an aromatic ring is 1. The number of anilines is 1. The minimum atomic E-state index is -3.41. The first-order valence-corrected chi connectivity index (χ1v) is 7.18. The number of rotatable bonds is 7. The average Bonchev–Trinajstić information content (AvgIpc) is 2.29. The molecule has 0 radical (unpaired) electrons. The van der Waals surface area contributed by atoms with Crippen molar-refractivity contribution in [2.24, 2.45) is 0 Å². The lowest BCUT2D eigenvalue weighted by Crippen LogP contribution is -2.34. The molecule has 4 N–H and O–H groups in total. The van der Waals surface area contributed by atoms with Crippen molar-refractivity contribution in [3.8, 4) is 5.75 Å². The monoisotopic (exact) mass is 274 g/mol. The smallest absolute Gasteiger partial charge is 0.215 e. The van der Waals surface area contributed by atoms with E-state index in [1.807, 2.05) is 0 Å². The van der Waals surface area contributed by atoms with Gasteiger partial charge < -0.3 is 15.6 Å². The van der Waals surface area contributed by atoms with Gasteiger partial charge in [0.2, 0.25) is 10.0 Å². The summed E-state index contributed by atoms with van der Waals surface area (Å²) in [6, 6.07) is 6.70. The molecule has 1 rings (SSSR count). The molecule has 0 heterocycles. The predicted octanol–water partition coefficient (Wildman–Crippen LogP) is -0.0522. The van der Waals surface area contributed by atoms with Gasteiger partial charge in [-0.15, -0.1) is 0 Å². The Balaban J connectivity index is 2.34. The van der Waals surface area contributed by atoms with E-state index in [1.165, 1.54) is 6.92 Å². The fraction of sp³-hybridized carbons (Fsp3) is 0.455. The van der Waals surface area contributed by atoms with Crippen molar-refractivity contribution in [1.82, 2.24) is 4.72 Å². The van der Waals surface area contributed by atoms with E-state index in [1.54, 1.807) is 24.3 Å². The zero-order valence-corrected chi connectivity index (χ0v) is 11.0. The van der Waals surface area contributed by atoms with E-state index < -0.39 is 16.1 Å². The number of nitrogens with two attached hydrogens (primary N) is 1. The second kappa shape index (κ2) is 6.58. The largest absolute Gasteiger partial charge is 0.492 e. The van der Waals surface area contributed by atoms with E-state index >= 15 is 0 Å². The van der Waals surface area contributed by atoms with Crippen molar-refractivity contribution in [2.45, 2.75) is 13.0 Å². The molecule has 0 unspecified atom stereocenters. The van der Waals surface area contributed by atoms with Crippen LogP contribution in [0.25, 0.3) is 0 Å². The third-order valence-electron chi connectivity index (χ3n) is 2.10. The summed E-state index contributed by atoms with van der Waals surface area (Å²) >= 11 is 0. The van der Waals surface area contributed by atoms with E-state index in [2.05, 4.69) is 4.72 Å². The highest BCUT2D eigenvalue weighted by Crippen LogP contribution is 2.12. The maximum atomic E-state index is 11.5. The molecule has 1 aromatic carbocycles. The second-order valence-corrected chi connectivity index (χ2v) is 5.86. The summed E-state index contributed by atoms with van der Waals surface area (Å²) in [5.74, 6) is 0.402. The number of hydrogen-bond acceptors (Lipinski definition) is 5. The van der Waals surface area contributed by atoms with Gasteiger partial charge in [0.05, 0.1) is 11.9 Å². The molecule has 0 saturated carbocycles. The molecule has 0 aliphatic rings. The molecule has 1 atom stereocenters. The van der Waals surface area contributed by atoms with Gasteiger partial charge in [0.25, 0.3) is 0 Å². The van der Waals surface area contributed by atoms with E-state index in [-0.39, 0.29) is 18.9 Å². The molecule has 18 heavy (non-hydrogen) atoms. The second-order valence-electron chi connectivity index (χ2n) is 3.93. The molecular weight excluding hydrogens is 256 g/mol. The van der Waals surface area contributed by atoms with Crippen molar-refractivity contribution in [1.29, 1.82) is 0 Å². The van der Waals surface area contributed by atoms with Crippen LogP contribution < -0.4 is 15.2 Å². The number of ether oxygens (including phenoxy) is 1. The Hall–Kier alpha value is -1.31. The SMILES string of the molecule is C[C@H](O)CNS(=O)(=O)CCOc1ccc(N)cc1. The van der Waals surface area contributed by atoms with Crippen LogP contribution >= 0.6 is 0 Å². The minimum absolute atomic E-state index is 0.00417. The highest BCUT2D eigenvalue weighted by Gasteiger charge is 2.11. The van der Waals surface area contributed by atoms with E-state index in [4.69, 9.17) is 15.6 Å². The highest BCUT2D eigenvalue weighted by atomic mass is 32.2. The standard InChI is InChI=1S/C11H18N2O4S/c1-9(14)8-13-18(15,16)7-6-17-11-4-2-10(12)3-5-11/h2-5,9,13-14H,6-8,12H2,1H3/t9-/m0/s1. The van der Waals surface area contributed by atoms with Crippen molar-refractivity contribution in [3.05, 3.63) is 24.3 Å². The lowest BCUT2D eigenvalue weighted by atomic mass is 10.3. The Bertz CT molecular complexity index is 456. The molecule has 0 aliphatic heterocycles. The zero-order chi connectivity index (χ0) is 13.6. The van der Waals surface area contributed by atoms with E-state index in [0.717, 1.165) is 0 Å². The summed E-state index contributed by atoms with van der Waals surface area (Å²) in [6.07, 6.45) is -0.710. The van der Waals surface area contributed by atoms with Gasteiger partial charge in [0, 0.05) is 12.2 Å². The number of aliphatic hydroxyl groups excluding tert-OH is 1. The van der Waals surface area contributed by atoms with Crippen LogP contribution in [0.1, 0.15) is 6.92 Å². The van der Waals surface area contributed by atoms with Gasteiger partial charge in [-0.2, -0.15) is 0 Å². The van der Waals surface area contributed by atoms with Crippen molar-refractivity contribution < 1.29 is 18.3 Å². The van der Waals surface area contributed by atoms with E-state index in [0.29, 0.717) is 11.4 Å². The molecule has 6 nitrogen and oxygen atoms in total. The topological polar surface area (TPSA) is 102 Å². The maximum absolute atomic E-state index is 11.5. The predicted molar refractivity (Wildman–Crippen MR) is 69.8 cm³/mol. The van der Waals surface area contributed by atoms with Gasteiger partial charge >= 0.3 is 0 Å². The normalized spacial score (nSPS) is 13.2. The molecule has 0 spiro atoms. The van der Waals surface area contributed by atoms with Crippen LogP contribution in [0.4, 0.5) is 5.69 Å². The highest BCUT2D eigenvalue weighted by molar-refractivity contribution is 7.89. The Morgan fingerprint density at radius 1 is 1.39 bits per heavy atom. The van der Waals surface area contributed by atoms with Crippen LogP contribution in [0.2, 0.25) is 0 Å². The number of aliphatic hydroxyl groups is 1. The molecule has 0 aromatic heterocycles. The Labute approximate surface area is 107 Å². The van der Waals surface area contributed by atoms with Crippen LogP contribution in [-0.4, -0.2) is 38.5 Å². The minimum Gasteiger partial charge on any atom is -0.492 e. The van der Waals surface area contributed by atoms with Crippen LogP contribution in [0.5, 0.6) is 5.75 Å². The first-order valence-electron chi connectivity index (χ1n) is 5.53. The van der Waals surface area contributed by atoms with Crippen molar-refractivity contribution in [2.75, 3.05) is 24.6 Å². The number of sulfonamides is 1. The quantitative estimate of drug-likeness (QED) is 0.605. The molecule has 0 amide bonds. The average molecular weight is 274 g/mol. The van der Waals surface area contributed by atoms with Crippen LogP contribution in [0.15, 0.2) is 24.3 Å². The first kappa shape index (κ1) is 14.7. The molecule has 0 aliphatic carbocycles. The lowest BCUT2D eigenvalue weighted by Gasteiger charge is -2.09. The number of benzene rings is 1. The van der Waals surface area contributed by atoms with Gasteiger partial charge in [-0.25, -0.2) is 13.1 Å². The van der Waals surface area contributed by atoms with Gasteiger partial charge in [0.15, 0.2) is 0 Å². The Kier molecular flexibility index (Phi) is 5.39. The fourth-order valence-electron chi connectivity index (χ4n) is 1.15. The van der Waals surface area contributed by atoms with Gasteiger partial charge in [-0.05, 0) is 31.2 Å². The third-order valence-corrected chi connectivity index (χ3v) is 3.41. The maximum Gasteiger partial charge on any atom is 0.215 e. The van der Waals surface area contributed by atoms with Crippen LogP contribution in [-0.2, 0) is 10.0 Å². The van der Waals surface area contributed by atoms with Gasteiger partial charge in [0.1, 0.15) is 12.4 Å². The van der Waals surface area contributed by atoms with Crippen molar-refractivity contribution >= 4 is 15.7 Å². The molecule has 0 saturated heterocycles. The molecule has 7 heteroatoms. The lowest BCUT2D eigenvalue weighted by molar-refractivity contribution is 0.198. The fourth-order valence-corrected chi connectivity index (χ4v) is 2.10. The van der Waals surface area contributed by atoms with Crippen LogP contribution in [0.3, 0.4) is 0 Å². The summed E-state index contributed by atoms with van der Waals surface area (Å²) in [5, 5.41) is 8.98. The molecule has 0 bridgehead atoms. The summed E-state index contributed by atoms with van der Waals surface area (Å²) in [5.41, 5.74) is 6.13. The summed E-state index contributed by atoms with van der Waals surface area (Å²) in [6.45, 7) is 1.55. The van der Waals surface area contributed by atoms with E-state index in [9.17, 15) is 8.42 Å². The first-order chi connectivity index (χ1) is 8.39. The van der Waals surface area contributed by atoms with Crippen molar-refractivity contribution in [3.63, 3.8) is 0 Å². The summed E-state index contributed by atoms with van der Waals surface area (Å²) in [7, 11) is -3.41. The van der Waals surface area contributed by atoms with Gasteiger partial charge in [-0.3, -0.25) is 0 Å². The van der Waals surface area contributed by atoms with Gasteiger partial charge in [-0.1, -0.05) is 0 Å². The summed E-state index contributed by atoms with van der Waals surface area (Å²) in [4.78, 5) is 0. The summed E-state index contributed by atoms with van der Waals surface area (Å²) < 4.78 is 30.5. The molecule has 1 aromatic rings. The molecule has 102 valence electrons. The van der Waals surface area contributed by atoms with Crippen LogP contribution in [0, 0.1) is 0 Å². The zero-order valence-electron chi connectivity index (χ0n) is 10.2. The molecule has 0 fully saturated rings. The number of hydrogen-bond donors (Lipinski definition) is 3.